The van der Waals surface area contributed by atoms with Gasteiger partial charge in [0.1, 0.15) is 0 Å². The smallest absolute Gasteiger partial charge is 0.253 e. The highest BCUT2D eigenvalue weighted by molar-refractivity contribution is 9.10. The lowest BCUT2D eigenvalue weighted by molar-refractivity contribution is 0.481. The van der Waals surface area contributed by atoms with E-state index in [-0.39, 0.29) is 5.56 Å². The lowest BCUT2D eigenvalue weighted by Gasteiger charge is -2.13. The van der Waals surface area contributed by atoms with Gasteiger partial charge in [0, 0.05) is 35.4 Å². The van der Waals surface area contributed by atoms with Crippen LogP contribution in [0, 0.1) is 6.92 Å². The number of nitrogens with zero attached hydrogens (tertiary/aromatic N) is 1. The molecule has 1 aromatic rings. The van der Waals surface area contributed by atoms with Crippen molar-refractivity contribution >= 4 is 15.9 Å². The Kier molecular flexibility index (Phi) is 5.92. The normalized spacial score (nSPS) is 12.7. The fourth-order valence-electron chi connectivity index (χ4n) is 1.87. The third kappa shape index (κ3) is 4.64. The van der Waals surface area contributed by atoms with Crippen molar-refractivity contribution in [2.75, 3.05) is 6.54 Å². The molecule has 1 N–H and O–H groups in total. The number of aromatic nitrogens is 1. The molecule has 1 unspecified atom stereocenters. The summed E-state index contributed by atoms with van der Waals surface area (Å²) < 4.78 is 2.71. The van der Waals surface area contributed by atoms with Crippen LogP contribution in [0.25, 0.3) is 0 Å². The highest BCUT2D eigenvalue weighted by Crippen LogP contribution is 2.07. The molecule has 0 fully saturated rings. The SMILES string of the molecule is CCCC(C)NCCn1cc(Br)cc(C)c1=O. The van der Waals surface area contributed by atoms with Crippen molar-refractivity contribution in [3.8, 4) is 0 Å². The van der Waals surface area contributed by atoms with Gasteiger partial charge < -0.3 is 9.88 Å². The predicted molar refractivity (Wildman–Crippen MR) is 75.5 cm³/mol. The molecule has 0 aliphatic rings. The maximum Gasteiger partial charge on any atom is 0.253 e. The predicted octanol–water partition coefficient (Wildman–Crippen LogP) is 2.70. The molecule has 0 bridgehead atoms. The second kappa shape index (κ2) is 6.97. The third-order valence-electron chi connectivity index (χ3n) is 2.80. The van der Waals surface area contributed by atoms with Gasteiger partial charge in [-0.1, -0.05) is 13.3 Å². The maximum absolute atomic E-state index is 11.8. The topological polar surface area (TPSA) is 34.0 Å². The van der Waals surface area contributed by atoms with Gasteiger partial charge in [-0.25, -0.2) is 0 Å². The van der Waals surface area contributed by atoms with E-state index in [4.69, 9.17) is 0 Å². The van der Waals surface area contributed by atoms with Crippen molar-refractivity contribution in [3.63, 3.8) is 0 Å². The summed E-state index contributed by atoms with van der Waals surface area (Å²) >= 11 is 3.41. The first-order valence-electron chi connectivity index (χ1n) is 6.14. The van der Waals surface area contributed by atoms with Gasteiger partial charge in [0.15, 0.2) is 0 Å². The summed E-state index contributed by atoms with van der Waals surface area (Å²) in [5.41, 5.74) is 0.874. The van der Waals surface area contributed by atoms with E-state index in [0.29, 0.717) is 12.6 Å². The van der Waals surface area contributed by atoms with Gasteiger partial charge in [-0.15, -0.1) is 0 Å². The van der Waals surface area contributed by atoms with Crippen LogP contribution in [-0.2, 0) is 6.54 Å². The molecule has 0 aliphatic carbocycles. The van der Waals surface area contributed by atoms with Crippen LogP contribution in [0.1, 0.15) is 32.3 Å². The second-order valence-electron chi connectivity index (χ2n) is 4.48. The summed E-state index contributed by atoms with van der Waals surface area (Å²) in [5.74, 6) is 0. The quantitative estimate of drug-likeness (QED) is 0.876. The molecule has 0 saturated carbocycles. The zero-order valence-corrected chi connectivity index (χ0v) is 12.4. The summed E-state index contributed by atoms with van der Waals surface area (Å²) in [7, 11) is 0. The Hall–Kier alpha value is -0.610. The third-order valence-corrected chi connectivity index (χ3v) is 3.23. The van der Waals surface area contributed by atoms with E-state index in [0.717, 1.165) is 16.6 Å². The van der Waals surface area contributed by atoms with Crippen molar-refractivity contribution in [1.82, 2.24) is 9.88 Å². The maximum atomic E-state index is 11.8. The molecule has 0 radical (unpaired) electrons. The average molecular weight is 301 g/mol. The Morgan fingerprint density at radius 1 is 1.53 bits per heavy atom. The van der Waals surface area contributed by atoms with Crippen LogP contribution in [0.5, 0.6) is 0 Å². The molecule has 1 atom stereocenters. The van der Waals surface area contributed by atoms with Crippen LogP contribution in [0.3, 0.4) is 0 Å². The highest BCUT2D eigenvalue weighted by atomic mass is 79.9. The monoisotopic (exact) mass is 300 g/mol. The standard InChI is InChI=1S/C13H21BrN2O/c1-4-5-11(3)15-6-7-16-9-12(14)8-10(2)13(16)17/h8-9,11,15H,4-7H2,1-3H3. The van der Waals surface area contributed by atoms with Crippen LogP contribution < -0.4 is 10.9 Å². The van der Waals surface area contributed by atoms with E-state index in [9.17, 15) is 4.79 Å². The molecule has 96 valence electrons. The lowest BCUT2D eigenvalue weighted by Crippen LogP contribution is -2.32. The zero-order valence-electron chi connectivity index (χ0n) is 10.8. The summed E-state index contributed by atoms with van der Waals surface area (Å²) in [6, 6.07) is 2.37. The number of halogens is 1. The van der Waals surface area contributed by atoms with Crippen LogP contribution >= 0.6 is 15.9 Å². The number of aryl methyl sites for hydroxylation is 1. The Bertz CT molecular complexity index is 414. The summed E-state index contributed by atoms with van der Waals surface area (Å²) in [5, 5.41) is 3.42. The van der Waals surface area contributed by atoms with Crippen molar-refractivity contribution in [2.24, 2.45) is 0 Å². The number of pyridine rings is 1. The van der Waals surface area contributed by atoms with Crippen molar-refractivity contribution in [3.05, 3.63) is 32.7 Å². The minimum atomic E-state index is 0.0955. The minimum Gasteiger partial charge on any atom is -0.313 e. The Balaban J connectivity index is 2.55. The minimum absolute atomic E-state index is 0.0955. The van der Waals surface area contributed by atoms with Gasteiger partial charge in [-0.2, -0.15) is 0 Å². The van der Waals surface area contributed by atoms with Crippen molar-refractivity contribution < 1.29 is 0 Å². The Morgan fingerprint density at radius 2 is 2.24 bits per heavy atom. The van der Waals surface area contributed by atoms with Crippen LogP contribution in [0.4, 0.5) is 0 Å². The second-order valence-corrected chi connectivity index (χ2v) is 5.40. The molecule has 17 heavy (non-hydrogen) atoms. The molecule has 1 rings (SSSR count). The molecule has 1 aromatic heterocycles. The first kappa shape index (κ1) is 14.5. The van der Waals surface area contributed by atoms with Crippen LogP contribution in [0.2, 0.25) is 0 Å². The number of hydrogen-bond donors (Lipinski definition) is 1. The first-order valence-corrected chi connectivity index (χ1v) is 6.94. The molecular weight excluding hydrogens is 280 g/mol. The van der Waals surface area contributed by atoms with Crippen LogP contribution in [0.15, 0.2) is 21.5 Å². The fraction of sp³-hybridized carbons (Fsp3) is 0.615. The van der Waals surface area contributed by atoms with Gasteiger partial charge in [0.05, 0.1) is 0 Å². The van der Waals surface area contributed by atoms with Gasteiger partial charge in [0.2, 0.25) is 0 Å². The summed E-state index contributed by atoms with van der Waals surface area (Å²) in [6.45, 7) is 7.75. The van der Waals surface area contributed by atoms with E-state index in [1.165, 1.54) is 12.8 Å². The Morgan fingerprint density at radius 3 is 2.88 bits per heavy atom. The fourth-order valence-corrected chi connectivity index (χ4v) is 2.46. The van der Waals surface area contributed by atoms with Gasteiger partial charge in [-0.3, -0.25) is 4.79 Å². The largest absolute Gasteiger partial charge is 0.313 e. The molecule has 0 spiro atoms. The van der Waals surface area contributed by atoms with E-state index < -0.39 is 0 Å². The highest BCUT2D eigenvalue weighted by Gasteiger charge is 2.03. The Labute approximate surface area is 111 Å². The summed E-state index contributed by atoms with van der Waals surface area (Å²) in [6.07, 6.45) is 4.21. The lowest BCUT2D eigenvalue weighted by atomic mass is 10.2. The average Bonchev–Trinajstić information content (AvgIpc) is 2.25. The van der Waals surface area contributed by atoms with Crippen molar-refractivity contribution in [2.45, 2.75) is 46.2 Å². The molecule has 0 aliphatic heterocycles. The van der Waals surface area contributed by atoms with Gasteiger partial charge in [0.25, 0.3) is 5.56 Å². The zero-order chi connectivity index (χ0) is 12.8. The first-order chi connectivity index (χ1) is 8.04. The van der Waals surface area contributed by atoms with E-state index in [1.807, 2.05) is 19.2 Å². The van der Waals surface area contributed by atoms with E-state index in [1.54, 1.807) is 4.57 Å². The van der Waals surface area contributed by atoms with E-state index in [2.05, 4.69) is 35.1 Å². The van der Waals surface area contributed by atoms with Crippen LogP contribution in [-0.4, -0.2) is 17.2 Å². The number of rotatable bonds is 6. The molecule has 0 saturated heterocycles. The number of hydrogen-bond acceptors (Lipinski definition) is 2. The molecule has 1 heterocycles. The van der Waals surface area contributed by atoms with Gasteiger partial charge >= 0.3 is 0 Å². The summed E-state index contributed by atoms with van der Waals surface area (Å²) in [4.78, 5) is 11.8. The number of nitrogens with one attached hydrogen (secondary N) is 1. The molecule has 0 aromatic carbocycles. The molecule has 3 nitrogen and oxygen atoms in total. The molecule has 4 heteroatoms. The van der Waals surface area contributed by atoms with E-state index >= 15 is 0 Å². The molecule has 0 amide bonds. The van der Waals surface area contributed by atoms with Gasteiger partial charge in [-0.05, 0) is 42.3 Å². The molecular formula is C13H21BrN2O. The van der Waals surface area contributed by atoms with Crippen molar-refractivity contribution in [1.29, 1.82) is 0 Å².